The highest BCUT2D eigenvalue weighted by Gasteiger charge is 2.24. The molecule has 5 nitrogen and oxygen atoms in total. The fourth-order valence-electron chi connectivity index (χ4n) is 2.62. The summed E-state index contributed by atoms with van der Waals surface area (Å²) in [5.74, 6) is 0.206. The van der Waals surface area contributed by atoms with Crippen LogP contribution in [-0.4, -0.2) is 41.5 Å². The van der Waals surface area contributed by atoms with Crippen molar-refractivity contribution in [2.75, 3.05) is 19.6 Å². The number of pyridine rings is 1. The molecule has 0 aliphatic carbocycles. The number of amides is 1. The number of hydrogen-bond acceptors (Lipinski definition) is 3. The summed E-state index contributed by atoms with van der Waals surface area (Å²) in [6.45, 7) is 6.52. The van der Waals surface area contributed by atoms with E-state index in [0.29, 0.717) is 25.0 Å². The highest BCUT2D eigenvalue weighted by Crippen LogP contribution is 2.11. The monoisotopic (exact) mass is 277 g/mol. The molecule has 2 N–H and O–H groups in total. The molecule has 2 rings (SSSR count). The van der Waals surface area contributed by atoms with Crippen LogP contribution >= 0.6 is 0 Å². The summed E-state index contributed by atoms with van der Waals surface area (Å²) in [5.41, 5.74) is -0.0863. The van der Waals surface area contributed by atoms with Gasteiger partial charge in [0.05, 0.1) is 0 Å². The van der Waals surface area contributed by atoms with Crippen molar-refractivity contribution in [3.05, 3.63) is 34.2 Å². The molecule has 110 valence electrons. The van der Waals surface area contributed by atoms with Crippen molar-refractivity contribution in [1.82, 2.24) is 15.2 Å². The van der Waals surface area contributed by atoms with E-state index in [9.17, 15) is 9.59 Å². The average molecular weight is 277 g/mol. The SMILES string of the molecule is CC(C)CN(CC1CCCN1)C(=O)c1ccc[nH]c1=O. The highest BCUT2D eigenvalue weighted by atomic mass is 16.2. The van der Waals surface area contributed by atoms with E-state index in [1.54, 1.807) is 23.2 Å². The Morgan fingerprint density at radius 2 is 2.30 bits per heavy atom. The molecule has 0 spiro atoms. The van der Waals surface area contributed by atoms with Crippen LogP contribution in [0, 0.1) is 5.92 Å². The highest BCUT2D eigenvalue weighted by molar-refractivity contribution is 5.93. The van der Waals surface area contributed by atoms with Gasteiger partial charge in [0, 0.05) is 25.3 Å². The molecule has 1 atom stereocenters. The van der Waals surface area contributed by atoms with Crippen LogP contribution in [0.5, 0.6) is 0 Å². The van der Waals surface area contributed by atoms with Crippen molar-refractivity contribution in [3.63, 3.8) is 0 Å². The number of nitrogens with zero attached hydrogens (tertiary/aromatic N) is 1. The van der Waals surface area contributed by atoms with Gasteiger partial charge in [-0.25, -0.2) is 0 Å². The summed E-state index contributed by atoms with van der Waals surface area (Å²) in [4.78, 5) is 28.7. The Balaban J connectivity index is 2.14. The molecule has 1 aromatic heterocycles. The smallest absolute Gasteiger partial charge is 0.260 e. The van der Waals surface area contributed by atoms with E-state index in [4.69, 9.17) is 0 Å². The van der Waals surface area contributed by atoms with Crippen LogP contribution in [0.3, 0.4) is 0 Å². The summed E-state index contributed by atoms with van der Waals surface area (Å²) in [7, 11) is 0. The van der Waals surface area contributed by atoms with Crippen molar-refractivity contribution in [2.45, 2.75) is 32.7 Å². The Kier molecular flexibility index (Phi) is 4.95. The molecule has 1 aliphatic heterocycles. The Labute approximate surface area is 119 Å². The van der Waals surface area contributed by atoms with Gasteiger partial charge < -0.3 is 15.2 Å². The van der Waals surface area contributed by atoms with Crippen LogP contribution in [0.1, 0.15) is 37.0 Å². The summed E-state index contributed by atoms with van der Waals surface area (Å²) in [6.07, 6.45) is 3.79. The number of nitrogens with one attached hydrogen (secondary N) is 2. The van der Waals surface area contributed by atoms with Crippen LogP contribution in [0.4, 0.5) is 0 Å². The summed E-state index contributed by atoms with van der Waals surface area (Å²) < 4.78 is 0. The molecule has 1 unspecified atom stereocenters. The van der Waals surface area contributed by atoms with Gasteiger partial charge in [-0.3, -0.25) is 9.59 Å². The maximum absolute atomic E-state index is 12.6. The molecular weight excluding hydrogens is 254 g/mol. The Hall–Kier alpha value is -1.62. The molecule has 1 aromatic rings. The lowest BCUT2D eigenvalue weighted by Gasteiger charge is -2.27. The minimum Gasteiger partial charge on any atom is -0.337 e. The number of carbonyl (C=O) groups is 1. The van der Waals surface area contributed by atoms with Gasteiger partial charge in [-0.15, -0.1) is 0 Å². The largest absolute Gasteiger partial charge is 0.337 e. The number of aromatic amines is 1. The minimum atomic E-state index is -0.314. The number of rotatable bonds is 5. The molecule has 0 aromatic carbocycles. The Bertz CT molecular complexity index is 504. The third-order valence-electron chi connectivity index (χ3n) is 3.52. The summed E-state index contributed by atoms with van der Waals surface area (Å²) >= 11 is 0. The fourth-order valence-corrected chi connectivity index (χ4v) is 2.62. The molecule has 0 radical (unpaired) electrons. The van der Waals surface area contributed by atoms with E-state index < -0.39 is 0 Å². The maximum Gasteiger partial charge on any atom is 0.260 e. The number of carbonyl (C=O) groups excluding carboxylic acids is 1. The van der Waals surface area contributed by atoms with Gasteiger partial charge in [-0.1, -0.05) is 13.8 Å². The second-order valence-corrected chi connectivity index (χ2v) is 5.81. The predicted octanol–water partition coefficient (Wildman–Crippen LogP) is 1.23. The first-order valence-electron chi connectivity index (χ1n) is 7.28. The van der Waals surface area contributed by atoms with Gasteiger partial charge in [-0.2, -0.15) is 0 Å². The third-order valence-corrected chi connectivity index (χ3v) is 3.52. The maximum atomic E-state index is 12.6. The first kappa shape index (κ1) is 14.8. The lowest BCUT2D eigenvalue weighted by Crippen LogP contribution is -2.44. The van der Waals surface area contributed by atoms with Crippen molar-refractivity contribution in [2.24, 2.45) is 5.92 Å². The van der Waals surface area contributed by atoms with Gasteiger partial charge >= 0.3 is 0 Å². The van der Waals surface area contributed by atoms with Crippen molar-refractivity contribution in [3.8, 4) is 0 Å². The second-order valence-electron chi connectivity index (χ2n) is 5.81. The molecule has 1 amide bonds. The zero-order chi connectivity index (χ0) is 14.5. The van der Waals surface area contributed by atoms with Crippen LogP contribution in [0.15, 0.2) is 23.1 Å². The minimum absolute atomic E-state index is 0.172. The van der Waals surface area contributed by atoms with Crippen LogP contribution in [0.25, 0.3) is 0 Å². The number of H-pyrrole nitrogens is 1. The van der Waals surface area contributed by atoms with Gasteiger partial charge in [0.2, 0.25) is 0 Å². The van der Waals surface area contributed by atoms with Crippen LogP contribution < -0.4 is 10.9 Å². The quantitative estimate of drug-likeness (QED) is 0.850. The van der Waals surface area contributed by atoms with E-state index in [1.165, 1.54) is 0 Å². The number of hydrogen-bond donors (Lipinski definition) is 2. The fraction of sp³-hybridized carbons (Fsp3) is 0.600. The van der Waals surface area contributed by atoms with Gasteiger partial charge in [0.15, 0.2) is 0 Å². The molecule has 2 heterocycles. The van der Waals surface area contributed by atoms with E-state index in [1.807, 2.05) is 0 Å². The second kappa shape index (κ2) is 6.70. The molecule has 1 saturated heterocycles. The zero-order valence-electron chi connectivity index (χ0n) is 12.2. The van der Waals surface area contributed by atoms with E-state index in [0.717, 1.165) is 19.4 Å². The van der Waals surface area contributed by atoms with Crippen LogP contribution in [0.2, 0.25) is 0 Å². The molecule has 1 fully saturated rings. The normalized spacial score (nSPS) is 18.4. The topological polar surface area (TPSA) is 65.2 Å². The first-order chi connectivity index (χ1) is 9.58. The summed E-state index contributed by atoms with van der Waals surface area (Å²) in [5, 5.41) is 3.40. The average Bonchev–Trinajstić information content (AvgIpc) is 2.90. The molecule has 0 bridgehead atoms. The van der Waals surface area contributed by atoms with E-state index >= 15 is 0 Å². The molecule has 1 aliphatic rings. The van der Waals surface area contributed by atoms with Gasteiger partial charge in [-0.05, 0) is 37.4 Å². The van der Waals surface area contributed by atoms with Crippen molar-refractivity contribution >= 4 is 5.91 Å². The van der Waals surface area contributed by atoms with Crippen LogP contribution in [-0.2, 0) is 0 Å². The lowest BCUT2D eigenvalue weighted by molar-refractivity contribution is 0.0719. The van der Waals surface area contributed by atoms with E-state index in [-0.39, 0.29) is 17.0 Å². The zero-order valence-corrected chi connectivity index (χ0v) is 12.2. The van der Waals surface area contributed by atoms with E-state index in [2.05, 4.69) is 24.1 Å². The number of aromatic nitrogens is 1. The lowest BCUT2D eigenvalue weighted by atomic mass is 10.1. The predicted molar refractivity (Wildman–Crippen MR) is 78.8 cm³/mol. The Morgan fingerprint density at radius 1 is 1.50 bits per heavy atom. The molecular formula is C15H23N3O2. The molecule has 20 heavy (non-hydrogen) atoms. The first-order valence-corrected chi connectivity index (χ1v) is 7.28. The summed E-state index contributed by atoms with van der Waals surface area (Å²) in [6, 6.07) is 3.63. The molecule has 0 saturated carbocycles. The molecule has 5 heteroatoms. The third kappa shape index (κ3) is 3.70. The van der Waals surface area contributed by atoms with Crippen molar-refractivity contribution < 1.29 is 4.79 Å². The van der Waals surface area contributed by atoms with Crippen molar-refractivity contribution in [1.29, 1.82) is 0 Å². The standard InChI is InChI=1S/C15H23N3O2/c1-11(2)9-18(10-12-5-3-7-16-12)15(20)13-6-4-8-17-14(13)19/h4,6,8,11-12,16H,3,5,7,9-10H2,1-2H3,(H,17,19). The Morgan fingerprint density at radius 3 is 2.90 bits per heavy atom. The van der Waals surface area contributed by atoms with Gasteiger partial charge in [0.25, 0.3) is 11.5 Å². The van der Waals surface area contributed by atoms with Gasteiger partial charge in [0.1, 0.15) is 5.56 Å².